The molecule has 0 aromatic heterocycles. The van der Waals surface area contributed by atoms with Crippen molar-refractivity contribution in [2.75, 3.05) is 6.61 Å². The van der Waals surface area contributed by atoms with Crippen molar-refractivity contribution < 1.29 is 35.1 Å². The summed E-state index contributed by atoms with van der Waals surface area (Å²) in [6, 6.07) is 0. The first kappa shape index (κ1) is 39.3. The molecule has 0 aliphatic heterocycles. The molecule has 0 spiro atoms. The first-order valence-corrected chi connectivity index (χ1v) is 18.0. The van der Waals surface area contributed by atoms with E-state index < -0.39 is 49.0 Å². The molecule has 0 radical (unpaired) electrons. The largest absolute Gasteiger partial charge is 0.459 e. The van der Waals surface area contributed by atoms with Gasteiger partial charge in [0.1, 0.15) is 24.4 Å². The Balaban J connectivity index is 1.83. The summed E-state index contributed by atoms with van der Waals surface area (Å²) in [7, 11) is 0. The molecule has 1 aliphatic carbocycles. The second-order valence-electron chi connectivity index (χ2n) is 13.0. The smallest absolute Gasteiger partial charge is 0.306 e. The Labute approximate surface area is 257 Å². The number of ether oxygens (including phenoxy) is 1. The molecule has 0 bridgehead atoms. The fourth-order valence-electron chi connectivity index (χ4n) is 6.29. The van der Waals surface area contributed by atoms with Crippen LogP contribution in [0.1, 0.15) is 174 Å². The van der Waals surface area contributed by atoms with Gasteiger partial charge in [-0.15, -0.1) is 0 Å². The maximum Gasteiger partial charge on any atom is 0.306 e. The lowest BCUT2D eigenvalue weighted by Crippen LogP contribution is -2.62. The van der Waals surface area contributed by atoms with Crippen LogP contribution >= 0.6 is 0 Å². The van der Waals surface area contributed by atoms with Gasteiger partial charge in [-0.2, -0.15) is 0 Å². The Kier molecular flexibility index (Phi) is 24.9. The Morgan fingerprint density at radius 1 is 0.476 bits per heavy atom. The van der Waals surface area contributed by atoms with Gasteiger partial charge in [0.25, 0.3) is 0 Å². The SMILES string of the molecule is CCCCCCCCCCCCCCCCCCCCCCCCCCCC(=O)OC1C(O)C(O)C(O)C(O)C1CO. The topological polar surface area (TPSA) is 127 Å². The number of rotatable bonds is 28. The Hall–Kier alpha value is -0.730. The van der Waals surface area contributed by atoms with Crippen molar-refractivity contribution in [1.82, 2.24) is 0 Å². The molecule has 0 amide bonds. The standard InChI is InChI=1S/C35H68O7/c1-2-3-4-5-6-7-8-9-10-11-12-13-14-15-16-17-18-19-20-21-22-23-24-25-26-27-30(37)42-35-29(28-36)31(38)32(39)33(40)34(35)41/h29,31-36,38-41H,2-28H2,1H3. The molecular formula is C35H68O7. The summed E-state index contributed by atoms with van der Waals surface area (Å²) >= 11 is 0. The fourth-order valence-corrected chi connectivity index (χ4v) is 6.29. The van der Waals surface area contributed by atoms with Crippen LogP contribution in [0.5, 0.6) is 0 Å². The molecule has 0 heterocycles. The van der Waals surface area contributed by atoms with Crippen LogP contribution in [0.15, 0.2) is 0 Å². The normalized spacial score (nSPS) is 24.2. The van der Waals surface area contributed by atoms with E-state index in [1.54, 1.807) is 0 Å². The van der Waals surface area contributed by atoms with Gasteiger partial charge in [0.05, 0.1) is 18.6 Å². The van der Waals surface area contributed by atoms with Gasteiger partial charge < -0.3 is 30.3 Å². The minimum absolute atomic E-state index is 0.190. The van der Waals surface area contributed by atoms with Crippen molar-refractivity contribution in [1.29, 1.82) is 0 Å². The van der Waals surface area contributed by atoms with Crippen LogP contribution < -0.4 is 0 Å². The van der Waals surface area contributed by atoms with Gasteiger partial charge in [-0.3, -0.25) is 4.79 Å². The number of carbonyl (C=O) groups is 1. The van der Waals surface area contributed by atoms with E-state index in [-0.39, 0.29) is 6.42 Å². The Morgan fingerprint density at radius 3 is 1.12 bits per heavy atom. The van der Waals surface area contributed by atoms with Crippen LogP contribution in [0.4, 0.5) is 0 Å². The number of carbonyl (C=O) groups excluding carboxylic acids is 1. The average molecular weight is 601 g/mol. The molecule has 6 unspecified atom stereocenters. The van der Waals surface area contributed by atoms with Crippen LogP contribution in [0.3, 0.4) is 0 Å². The summed E-state index contributed by atoms with van der Waals surface area (Å²) in [5, 5.41) is 49.2. The molecule has 7 nitrogen and oxygen atoms in total. The highest BCUT2D eigenvalue weighted by atomic mass is 16.6. The van der Waals surface area contributed by atoms with Crippen molar-refractivity contribution in [3.8, 4) is 0 Å². The first-order valence-electron chi connectivity index (χ1n) is 18.0. The van der Waals surface area contributed by atoms with Gasteiger partial charge in [-0.05, 0) is 6.42 Å². The van der Waals surface area contributed by atoms with Crippen molar-refractivity contribution >= 4 is 5.97 Å². The maximum absolute atomic E-state index is 12.2. The van der Waals surface area contributed by atoms with E-state index in [0.29, 0.717) is 6.42 Å². The monoisotopic (exact) mass is 600 g/mol. The highest BCUT2D eigenvalue weighted by Crippen LogP contribution is 2.29. The van der Waals surface area contributed by atoms with Gasteiger partial charge in [0.15, 0.2) is 0 Å². The van der Waals surface area contributed by atoms with Gasteiger partial charge in [0.2, 0.25) is 0 Å². The number of hydrogen-bond acceptors (Lipinski definition) is 7. The van der Waals surface area contributed by atoms with Crippen LogP contribution in [-0.2, 0) is 9.53 Å². The summed E-state index contributed by atoms with van der Waals surface area (Å²) < 4.78 is 5.27. The summed E-state index contributed by atoms with van der Waals surface area (Å²) in [6.45, 7) is 1.71. The van der Waals surface area contributed by atoms with Crippen LogP contribution in [-0.4, -0.2) is 68.6 Å². The lowest BCUT2D eigenvalue weighted by atomic mass is 9.78. The van der Waals surface area contributed by atoms with Gasteiger partial charge in [0, 0.05) is 6.42 Å². The number of unbranched alkanes of at least 4 members (excludes halogenated alkanes) is 24. The number of hydrogen-bond donors (Lipinski definition) is 5. The predicted octanol–water partition coefficient (Wildman–Crippen LogP) is 7.13. The Bertz CT molecular complexity index is 616. The van der Waals surface area contributed by atoms with Gasteiger partial charge in [-0.1, -0.05) is 161 Å². The van der Waals surface area contributed by atoms with Gasteiger partial charge >= 0.3 is 5.97 Å². The summed E-state index contributed by atoms with van der Waals surface area (Å²) in [6.07, 6.45) is 25.8. The predicted molar refractivity (Wildman–Crippen MR) is 170 cm³/mol. The molecule has 6 atom stereocenters. The van der Waals surface area contributed by atoms with E-state index in [1.165, 1.54) is 135 Å². The zero-order valence-electron chi connectivity index (χ0n) is 27.1. The average Bonchev–Trinajstić information content (AvgIpc) is 2.99. The van der Waals surface area contributed by atoms with Crippen molar-refractivity contribution in [3.05, 3.63) is 0 Å². The molecular weight excluding hydrogens is 532 g/mol. The summed E-state index contributed by atoms with van der Waals surface area (Å²) in [5.41, 5.74) is 0. The lowest BCUT2D eigenvalue weighted by Gasteiger charge is -2.42. The van der Waals surface area contributed by atoms with E-state index >= 15 is 0 Å². The lowest BCUT2D eigenvalue weighted by molar-refractivity contribution is -0.222. The Morgan fingerprint density at radius 2 is 0.786 bits per heavy atom. The van der Waals surface area contributed by atoms with E-state index in [2.05, 4.69) is 6.92 Å². The first-order chi connectivity index (χ1) is 20.4. The third-order valence-electron chi connectivity index (χ3n) is 9.21. The quantitative estimate of drug-likeness (QED) is 0.0478. The molecule has 250 valence electrons. The highest BCUT2D eigenvalue weighted by Gasteiger charge is 2.50. The zero-order valence-corrected chi connectivity index (χ0v) is 27.1. The van der Waals surface area contributed by atoms with E-state index in [0.717, 1.165) is 19.3 Å². The molecule has 7 heteroatoms. The fraction of sp³-hybridized carbons (Fsp3) is 0.971. The molecule has 5 N–H and O–H groups in total. The molecule has 42 heavy (non-hydrogen) atoms. The minimum Gasteiger partial charge on any atom is -0.459 e. The van der Waals surface area contributed by atoms with E-state index in [4.69, 9.17) is 4.74 Å². The third-order valence-corrected chi connectivity index (χ3v) is 9.21. The second kappa shape index (κ2) is 26.7. The molecule has 0 aromatic carbocycles. The van der Waals surface area contributed by atoms with E-state index in [9.17, 15) is 30.3 Å². The van der Waals surface area contributed by atoms with Crippen molar-refractivity contribution in [3.63, 3.8) is 0 Å². The molecule has 0 saturated heterocycles. The molecule has 1 rings (SSSR count). The van der Waals surface area contributed by atoms with Gasteiger partial charge in [-0.25, -0.2) is 0 Å². The van der Waals surface area contributed by atoms with Crippen molar-refractivity contribution in [2.24, 2.45) is 5.92 Å². The maximum atomic E-state index is 12.2. The molecule has 1 fully saturated rings. The van der Waals surface area contributed by atoms with E-state index in [1.807, 2.05) is 0 Å². The molecule has 1 aliphatic rings. The number of esters is 1. The molecule has 0 aromatic rings. The van der Waals surface area contributed by atoms with Crippen LogP contribution in [0, 0.1) is 5.92 Å². The molecule has 1 saturated carbocycles. The second-order valence-corrected chi connectivity index (χ2v) is 13.0. The van der Waals surface area contributed by atoms with Crippen LogP contribution in [0.25, 0.3) is 0 Å². The summed E-state index contributed by atoms with van der Waals surface area (Å²) in [5.74, 6) is -1.56. The highest BCUT2D eigenvalue weighted by molar-refractivity contribution is 5.69. The van der Waals surface area contributed by atoms with Crippen molar-refractivity contribution in [2.45, 2.75) is 204 Å². The minimum atomic E-state index is -1.63. The number of aliphatic hydroxyl groups is 5. The summed E-state index contributed by atoms with van der Waals surface area (Å²) in [4.78, 5) is 12.2. The van der Waals surface area contributed by atoms with Crippen LogP contribution in [0.2, 0.25) is 0 Å². The zero-order chi connectivity index (χ0) is 30.8. The third kappa shape index (κ3) is 18.2. The number of aliphatic hydroxyl groups excluding tert-OH is 5.